The van der Waals surface area contributed by atoms with Gasteiger partial charge in [0.1, 0.15) is 0 Å². The number of rotatable bonds is 4. The smallest absolute Gasteiger partial charge is 0.0608 e. The lowest BCUT2D eigenvalue weighted by atomic mass is 9.87. The lowest BCUT2D eigenvalue weighted by Crippen LogP contribution is -2.45. The molecule has 0 aromatic carbocycles. The Kier molecular flexibility index (Phi) is 3.63. The van der Waals surface area contributed by atoms with Gasteiger partial charge >= 0.3 is 0 Å². The van der Waals surface area contributed by atoms with E-state index in [0.717, 1.165) is 30.3 Å². The van der Waals surface area contributed by atoms with E-state index in [2.05, 4.69) is 37.8 Å². The van der Waals surface area contributed by atoms with Crippen LogP contribution in [0.4, 0.5) is 0 Å². The second-order valence-electron chi connectivity index (χ2n) is 5.40. The molecule has 0 aromatic heterocycles. The Bertz CT molecular complexity index is 216. The van der Waals surface area contributed by atoms with Gasteiger partial charge in [-0.3, -0.25) is 0 Å². The Hall–Kier alpha value is 0.270. The van der Waals surface area contributed by atoms with Crippen molar-refractivity contribution >= 4 is 11.8 Å². The SMILES string of the molecule is CCNC1C(SC2COC2)CCC1(C)C. The third-order valence-electron chi connectivity index (χ3n) is 3.69. The fourth-order valence-corrected chi connectivity index (χ4v) is 4.37. The molecule has 2 fully saturated rings. The molecule has 1 heterocycles. The number of hydrogen-bond donors (Lipinski definition) is 1. The molecular weight excluding hydrogens is 206 g/mol. The molecule has 1 aliphatic heterocycles. The molecule has 3 heteroatoms. The van der Waals surface area contributed by atoms with Crippen LogP contribution in [-0.4, -0.2) is 36.3 Å². The third-order valence-corrected chi connectivity index (χ3v) is 5.20. The molecular formula is C12H23NOS. The summed E-state index contributed by atoms with van der Waals surface area (Å²) >= 11 is 2.16. The molecule has 0 bridgehead atoms. The minimum atomic E-state index is 0.471. The van der Waals surface area contributed by atoms with Crippen LogP contribution in [0, 0.1) is 5.41 Å². The van der Waals surface area contributed by atoms with Crippen molar-refractivity contribution in [2.75, 3.05) is 19.8 Å². The van der Waals surface area contributed by atoms with E-state index in [4.69, 9.17) is 4.74 Å². The first-order valence-electron chi connectivity index (χ1n) is 6.10. The summed E-state index contributed by atoms with van der Waals surface area (Å²) < 4.78 is 5.25. The van der Waals surface area contributed by atoms with Gasteiger partial charge in [0.2, 0.25) is 0 Å². The van der Waals surface area contributed by atoms with Gasteiger partial charge in [0.05, 0.1) is 18.5 Å². The zero-order valence-corrected chi connectivity index (χ0v) is 10.9. The largest absolute Gasteiger partial charge is 0.379 e. The van der Waals surface area contributed by atoms with E-state index in [1.165, 1.54) is 12.8 Å². The predicted molar refractivity (Wildman–Crippen MR) is 66.5 cm³/mol. The van der Waals surface area contributed by atoms with E-state index < -0.39 is 0 Å². The Morgan fingerprint density at radius 1 is 1.40 bits per heavy atom. The average Bonchev–Trinajstić information content (AvgIpc) is 2.38. The first-order chi connectivity index (χ1) is 7.13. The molecule has 0 radical (unpaired) electrons. The van der Waals surface area contributed by atoms with Crippen molar-refractivity contribution in [3.8, 4) is 0 Å². The van der Waals surface area contributed by atoms with E-state index in [1.54, 1.807) is 0 Å². The summed E-state index contributed by atoms with van der Waals surface area (Å²) in [6.45, 7) is 10.0. The summed E-state index contributed by atoms with van der Waals surface area (Å²) in [6, 6.07) is 0.688. The Balaban J connectivity index is 1.91. The molecule has 2 rings (SSSR count). The summed E-state index contributed by atoms with van der Waals surface area (Å²) in [4.78, 5) is 0. The van der Waals surface area contributed by atoms with Crippen LogP contribution < -0.4 is 5.32 Å². The summed E-state index contributed by atoms with van der Waals surface area (Å²) in [6.07, 6.45) is 2.72. The van der Waals surface area contributed by atoms with E-state index in [0.29, 0.717) is 11.5 Å². The highest BCUT2D eigenvalue weighted by Gasteiger charge is 2.43. The number of nitrogens with one attached hydrogen (secondary N) is 1. The molecule has 0 amide bonds. The Morgan fingerprint density at radius 2 is 2.13 bits per heavy atom. The fourth-order valence-electron chi connectivity index (χ4n) is 2.65. The van der Waals surface area contributed by atoms with Gasteiger partial charge in [-0.25, -0.2) is 0 Å². The van der Waals surface area contributed by atoms with E-state index in [1.807, 2.05) is 0 Å². The van der Waals surface area contributed by atoms with Crippen LogP contribution in [0.5, 0.6) is 0 Å². The number of ether oxygens (including phenoxy) is 1. The number of hydrogen-bond acceptors (Lipinski definition) is 3. The van der Waals surface area contributed by atoms with E-state index in [9.17, 15) is 0 Å². The molecule has 1 N–H and O–H groups in total. The maximum atomic E-state index is 5.25. The molecule has 1 aliphatic carbocycles. The van der Waals surface area contributed by atoms with E-state index in [-0.39, 0.29) is 0 Å². The van der Waals surface area contributed by atoms with Crippen LogP contribution in [0.2, 0.25) is 0 Å². The molecule has 2 aliphatic rings. The predicted octanol–water partition coefficient (Wildman–Crippen LogP) is 2.29. The Labute approximate surface area is 97.5 Å². The second kappa shape index (κ2) is 4.64. The van der Waals surface area contributed by atoms with Crippen LogP contribution in [0.15, 0.2) is 0 Å². The highest BCUT2D eigenvalue weighted by atomic mass is 32.2. The standard InChI is InChI=1S/C12H23NOS/c1-4-13-11-10(5-6-12(11,2)3)15-9-7-14-8-9/h9-11,13H,4-8H2,1-3H3. The minimum absolute atomic E-state index is 0.471. The summed E-state index contributed by atoms with van der Waals surface area (Å²) in [5, 5.41) is 5.25. The Morgan fingerprint density at radius 3 is 2.67 bits per heavy atom. The zero-order valence-electron chi connectivity index (χ0n) is 10.1. The van der Waals surface area contributed by atoms with Crippen molar-refractivity contribution in [2.45, 2.75) is 50.2 Å². The zero-order chi connectivity index (χ0) is 10.9. The van der Waals surface area contributed by atoms with Crippen LogP contribution >= 0.6 is 11.8 Å². The summed E-state index contributed by atoms with van der Waals surface area (Å²) in [5.74, 6) is 0. The highest BCUT2D eigenvalue weighted by Crippen LogP contribution is 2.44. The van der Waals surface area contributed by atoms with Gasteiger partial charge in [0.15, 0.2) is 0 Å². The molecule has 1 saturated heterocycles. The second-order valence-corrected chi connectivity index (χ2v) is 6.94. The maximum Gasteiger partial charge on any atom is 0.0608 e. The lowest BCUT2D eigenvalue weighted by Gasteiger charge is -2.34. The van der Waals surface area contributed by atoms with Gasteiger partial charge in [0, 0.05) is 11.3 Å². The first kappa shape index (κ1) is 11.7. The summed E-state index contributed by atoms with van der Waals surface area (Å²) in [7, 11) is 0. The van der Waals surface area contributed by atoms with Crippen molar-refractivity contribution in [1.82, 2.24) is 5.32 Å². The van der Waals surface area contributed by atoms with Gasteiger partial charge < -0.3 is 10.1 Å². The molecule has 2 unspecified atom stereocenters. The van der Waals surface area contributed by atoms with Crippen molar-refractivity contribution < 1.29 is 4.74 Å². The molecule has 2 nitrogen and oxygen atoms in total. The quantitative estimate of drug-likeness (QED) is 0.799. The van der Waals surface area contributed by atoms with Crippen molar-refractivity contribution in [1.29, 1.82) is 0 Å². The van der Waals surface area contributed by atoms with Gasteiger partial charge in [0.25, 0.3) is 0 Å². The number of thioether (sulfide) groups is 1. The van der Waals surface area contributed by atoms with E-state index >= 15 is 0 Å². The fraction of sp³-hybridized carbons (Fsp3) is 1.00. The van der Waals surface area contributed by atoms with Crippen LogP contribution in [0.25, 0.3) is 0 Å². The minimum Gasteiger partial charge on any atom is -0.379 e. The molecule has 0 spiro atoms. The van der Waals surface area contributed by atoms with Gasteiger partial charge in [-0.1, -0.05) is 20.8 Å². The van der Waals surface area contributed by atoms with Gasteiger partial charge in [-0.15, -0.1) is 11.8 Å². The topological polar surface area (TPSA) is 21.3 Å². The van der Waals surface area contributed by atoms with Crippen molar-refractivity contribution in [3.05, 3.63) is 0 Å². The molecule has 0 aromatic rings. The average molecular weight is 229 g/mol. The first-order valence-corrected chi connectivity index (χ1v) is 7.04. The molecule has 15 heavy (non-hydrogen) atoms. The molecule has 2 atom stereocenters. The van der Waals surface area contributed by atoms with Gasteiger partial charge in [-0.05, 0) is 24.8 Å². The maximum absolute atomic E-state index is 5.25. The van der Waals surface area contributed by atoms with Crippen molar-refractivity contribution in [2.24, 2.45) is 5.41 Å². The van der Waals surface area contributed by atoms with Gasteiger partial charge in [-0.2, -0.15) is 0 Å². The van der Waals surface area contributed by atoms with Crippen LogP contribution in [0.1, 0.15) is 33.6 Å². The highest BCUT2D eigenvalue weighted by molar-refractivity contribution is 8.00. The van der Waals surface area contributed by atoms with Crippen LogP contribution in [0.3, 0.4) is 0 Å². The summed E-state index contributed by atoms with van der Waals surface area (Å²) in [5.41, 5.74) is 0.471. The monoisotopic (exact) mass is 229 g/mol. The van der Waals surface area contributed by atoms with Crippen molar-refractivity contribution in [3.63, 3.8) is 0 Å². The van der Waals surface area contributed by atoms with Crippen LogP contribution in [-0.2, 0) is 4.74 Å². The molecule has 1 saturated carbocycles. The third kappa shape index (κ3) is 2.51. The molecule has 88 valence electrons. The lowest BCUT2D eigenvalue weighted by molar-refractivity contribution is 0.0452. The normalized spacial score (nSPS) is 35.4.